The van der Waals surface area contributed by atoms with Crippen molar-refractivity contribution in [3.63, 3.8) is 0 Å². The van der Waals surface area contributed by atoms with Gasteiger partial charge in [-0.3, -0.25) is 10.1 Å². The van der Waals surface area contributed by atoms with Crippen molar-refractivity contribution >= 4 is 38.3 Å². The quantitative estimate of drug-likeness (QED) is 0.190. The Labute approximate surface area is 130 Å². The van der Waals surface area contributed by atoms with Gasteiger partial charge in [-0.25, -0.2) is 4.79 Å². The van der Waals surface area contributed by atoms with Gasteiger partial charge in [-0.15, -0.1) is 0 Å². The third-order valence-electron chi connectivity index (χ3n) is 3.97. The number of hydrogen-bond donors (Lipinski definition) is 0. The summed E-state index contributed by atoms with van der Waals surface area (Å²) in [5.74, 6) is -0.521. The highest BCUT2D eigenvalue weighted by Crippen LogP contribution is 2.38. The van der Waals surface area contributed by atoms with Crippen LogP contribution in [0.4, 0.5) is 0 Å². The maximum atomic E-state index is 11.6. The van der Waals surface area contributed by atoms with E-state index < -0.39 is 17.4 Å². The van der Waals surface area contributed by atoms with Gasteiger partial charge in [0.05, 0.1) is 0 Å². The number of benzene rings is 4. The molecular weight excluding hydrogens is 294 g/mol. The van der Waals surface area contributed by atoms with Gasteiger partial charge in [0.25, 0.3) is 6.54 Å². The Morgan fingerprint density at radius 1 is 0.913 bits per heavy atom. The first-order valence-electron chi connectivity index (χ1n) is 7.12. The molecule has 0 saturated carbocycles. The van der Waals surface area contributed by atoms with Crippen LogP contribution in [-0.4, -0.2) is 17.4 Å². The van der Waals surface area contributed by atoms with Crippen molar-refractivity contribution in [2.75, 3.05) is 6.54 Å². The largest absolute Gasteiger partial charge is 0.421 e. The van der Waals surface area contributed by atoms with E-state index in [0.29, 0.717) is 5.75 Å². The maximum absolute atomic E-state index is 11.6. The molecule has 0 radical (unpaired) electrons. The molecule has 5 nitrogen and oxygen atoms in total. The third kappa shape index (κ3) is 2.14. The summed E-state index contributed by atoms with van der Waals surface area (Å²) in [7, 11) is 0. The van der Waals surface area contributed by atoms with Gasteiger partial charge >= 0.3 is 5.97 Å². The second kappa shape index (κ2) is 4.91. The van der Waals surface area contributed by atoms with E-state index in [9.17, 15) is 14.9 Å². The number of carbonyl (C=O) groups is 1. The number of carbonyl (C=O) groups excluding carboxylic acids is 1. The second-order valence-corrected chi connectivity index (χ2v) is 5.38. The zero-order valence-corrected chi connectivity index (χ0v) is 12.0. The number of nitrogens with zero attached hydrogens (tertiary/aromatic N) is 1. The van der Waals surface area contributed by atoms with Crippen LogP contribution in [0.15, 0.2) is 54.6 Å². The van der Waals surface area contributed by atoms with E-state index in [1.807, 2.05) is 42.5 Å². The van der Waals surface area contributed by atoms with Crippen LogP contribution in [0.3, 0.4) is 0 Å². The minimum Gasteiger partial charge on any atom is -0.421 e. The minimum absolute atomic E-state index is 0.350. The van der Waals surface area contributed by atoms with Gasteiger partial charge in [0.15, 0.2) is 0 Å². The van der Waals surface area contributed by atoms with Gasteiger partial charge in [0.1, 0.15) is 5.75 Å². The monoisotopic (exact) mass is 305 g/mol. The molecule has 0 bridgehead atoms. The summed E-state index contributed by atoms with van der Waals surface area (Å²) in [6, 6.07) is 17.5. The molecule has 0 aromatic heterocycles. The van der Waals surface area contributed by atoms with Gasteiger partial charge in [0.2, 0.25) is 0 Å². The van der Waals surface area contributed by atoms with Crippen molar-refractivity contribution in [1.82, 2.24) is 0 Å². The molecule has 4 aromatic rings. The molecule has 0 amide bonds. The van der Waals surface area contributed by atoms with E-state index in [1.54, 1.807) is 6.07 Å². The molecule has 0 unspecified atom stereocenters. The SMILES string of the molecule is O=C(C[N+](=O)[O-])Oc1ccc2ccc3cccc4ccc1c2c34. The van der Waals surface area contributed by atoms with Crippen LogP contribution in [0.2, 0.25) is 0 Å². The lowest BCUT2D eigenvalue weighted by Gasteiger charge is -2.13. The molecular formula is C18H11NO4. The fourth-order valence-corrected chi connectivity index (χ4v) is 3.06. The third-order valence-corrected chi connectivity index (χ3v) is 3.97. The summed E-state index contributed by atoms with van der Waals surface area (Å²) in [6.45, 7) is -0.845. The zero-order valence-electron chi connectivity index (χ0n) is 12.0. The van der Waals surface area contributed by atoms with Crippen LogP contribution < -0.4 is 4.74 Å². The normalized spacial score (nSPS) is 11.3. The van der Waals surface area contributed by atoms with Crippen molar-refractivity contribution in [3.8, 4) is 5.75 Å². The second-order valence-electron chi connectivity index (χ2n) is 5.38. The smallest absolute Gasteiger partial charge is 0.383 e. The van der Waals surface area contributed by atoms with Gasteiger partial charge in [-0.2, -0.15) is 0 Å². The number of rotatable bonds is 3. The summed E-state index contributed by atoms with van der Waals surface area (Å²) in [5.41, 5.74) is 0. The van der Waals surface area contributed by atoms with Crippen molar-refractivity contribution in [1.29, 1.82) is 0 Å². The van der Waals surface area contributed by atoms with Crippen LogP contribution in [0.5, 0.6) is 5.75 Å². The molecule has 4 rings (SSSR count). The first kappa shape index (κ1) is 13.5. The summed E-state index contributed by atoms with van der Waals surface area (Å²) < 4.78 is 5.20. The highest BCUT2D eigenvalue weighted by Gasteiger charge is 2.16. The molecule has 0 spiro atoms. The molecule has 0 atom stereocenters. The van der Waals surface area contributed by atoms with E-state index in [1.165, 1.54) is 0 Å². The zero-order chi connectivity index (χ0) is 16.0. The Hall–Kier alpha value is -3.21. The summed E-state index contributed by atoms with van der Waals surface area (Å²) in [4.78, 5) is 21.4. The Morgan fingerprint density at radius 2 is 1.52 bits per heavy atom. The molecule has 0 aliphatic carbocycles. The van der Waals surface area contributed by atoms with Crippen LogP contribution in [-0.2, 0) is 4.79 Å². The number of nitro groups is 1. The van der Waals surface area contributed by atoms with Gasteiger partial charge < -0.3 is 4.74 Å². The highest BCUT2D eigenvalue weighted by atomic mass is 16.6. The Balaban J connectivity index is 1.96. The first-order valence-corrected chi connectivity index (χ1v) is 7.12. The van der Waals surface area contributed by atoms with Crippen LogP contribution >= 0.6 is 0 Å². The van der Waals surface area contributed by atoms with Crippen LogP contribution in [0.25, 0.3) is 32.3 Å². The van der Waals surface area contributed by atoms with Crippen LogP contribution in [0, 0.1) is 10.1 Å². The summed E-state index contributed by atoms with van der Waals surface area (Å²) in [5, 5.41) is 16.6. The van der Waals surface area contributed by atoms with Crippen LogP contribution in [0.1, 0.15) is 0 Å². The van der Waals surface area contributed by atoms with E-state index in [0.717, 1.165) is 32.3 Å². The predicted octanol–water partition coefficient (Wildman–Crippen LogP) is 3.77. The van der Waals surface area contributed by atoms with Gasteiger partial charge in [0, 0.05) is 15.7 Å². The van der Waals surface area contributed by atoms with Crippen molar-refractivity contribution in [3.05, 3.63) is 64.7 Å². The number of esters is 1. The van der Waals surface area contributed by atoms with Crippen molar-refractivity contribution in [2.45, 2.75) is 0 Å². The lowest BCUT2D eigenvalue weighted by molar-refractivity contribution is -0.469. The Kier molecular flexibility index (Phi) is 2.87. The number of ether oxygens (including phenoxy) is 1. The standard InChI is InChI=1S/C18H11NO4/c20-16(10-19(21)22)23-15-9-7-13-5-4-11-2-1-3-12-6-8-14(15)18(13)17(11)12/h1-9H,10H2. The van der Waals surface area contributed by atoms with E-state index in [2.05, 4.69) is 6.07 Å². The lowest BCUT2D eigenvalue weighted by atomic mass is 9.94. The molecule has 0 heterocycles. The summed E-state index contributed by atoms with van der Waals surface area (Å²) in [6.07, 6.45) is 0. The van der Waals surface area contributed by atoms with E-state index >= 15 is 0 Å². The van der Waals surface area contributed by atoms with Crippen molar-refractivity contribution in [2.24, 2.45) is 0 Å². The van der Waals surface area contributed by atoms with Crippen molar-refractivity contribution < 1.29 is 14.5 Å². The van der Waals surface area contributed by atoms with E-state index in [-0.39, 0.29) is 0 Å². The summed E-state index contributed by atoms with van der Waals surface area (Å²) >= 11 is 0. The Bertz CT molecular complexity index is 1050. The predicted molar refractivity (Wildman–Crippen MR) is 87.6 cm³/mol. The number of hydrogen-bond acceptors (Lipinski definition) is 4. The fraction of sp³-hybridized carbons (Fsp3) is 0.0556. The minimum atomic E-state index is -0.870. The molecule has 0 N–H and O–H groups in total. The maximum Gasteiger partial charge on any atom is 0.383 e. The molecule has 4 aromatic carbocycles. The lowest BCUT2D eigenvalue weighted by Crippen LogP contribution is -2.19. The molecule has 112 valence electrons. The average Bonchev–Trinajstić information content (AvgIpc) is 2.53. The molecule has 0 saturated heterocycles. The Morgan fingerprint density at radius 3 is 2.22 bits per heavy atom. The van der Waals surface area contributed by atoms with E-state index in [4.69, 9.17) is 4.74 Å². The van der Waals surface area contributed by atoms with Gasteiger partial charge in [-0.1, -0.05) is 42.5 Å². The topological polar surface area (TPSA) is 69.4 Å². The molecule has 23 heavy (non-hydrogen) atoms. The molecule has 0 fully saturated rings. The molecule has 0 aliphatic rings. The fourth-order valence-electron chi connectivity index (χ4n) is 3.06. The first-order chi connectivity index (χ1) is 11.1. The van der Waals surface area contributed by atoms with Gasteiger partial charge in [-0.05, 0) is 33.7 Å². The highest BCUT2D eigenvalue weighted by molar-refractivity contribution is 6.24. The molecule has 5 heteroatoms. The molecule has 0 aliphatic heterocycles. The average molecular weight is 305 g/mol.